The summed E-state index contributed by atoms with van der Waals surface area (Å²) in [6.07, 6.45) is 0.465. The Hall–Kier alpha value is -2.24. The molecular formula is C19H27NO5. The van der Waals surface area contributed by atoms with Crippen molar-refractivity contribution in [1.82, 2.24) is 0 Å². The van der Waals surface area contributed by atoms with Crippen molar-refractivity contribution in [2.75, 3.05) is 6.61 Å². The number of hydrogen-bond acceptors (Lipinski definition) is 5. The molecule has 0 saturated carbocycles. The lowest BCUT2D eigenvalue weighted by Gasteiger charge is -2.23. The zero-order valence-corrected chi connectivity index (χ0v) is 15.4. The van der Waals surface area contributed by atoms with E-state index in [1.54, 1.807) is 27.7 Å². The fourth-order valence-corrected chi connectivity index (χ4v) is 2.54. The Morgan fingerprint density at radius 1 is 1.20 bits per heavy atom. The van der Waals surface area contributed by atoms with E-state index in [0.717, 1.165) is 5.56 Å². The molecule has 138 valence electrons. The number of aryl methyl sites for hydroxylation is 1. The topological polar surface area (TPSA) is 86.5 Å². The van der Waals surface area contributed by atoms with Crippen molar-refractivity contribution in [3.63, 3.8) is 0 Å². The fourth-order valence-electron chi connectivity index (χ4n) is 2.54. The molecule has 0 amide bonds. The number of hydrogen-bond donors (Lipinski definition) is 0. The van der Waals surface area contributed by atoms with Crippen molar-refractivity contribution >= 4 is 11.8 Å². The van der Waals surface area contributed by atoms with Gasteiger partial charge in [0.15, 0.2) is 0 Å². The summed E-state index contributed by atoms with van der Waals surface area (Å²) in [6, 6.07) is 8.22. The zero-order chi connectivity index (χ0) is 19.0. The molecule has 0 spiro atoms. The number of carbonyl (C=O) groups excluding carboxylic acids is 2. The second kappa shape index (κ2) is 9.30. The van der Waals surface area contributed by atoms with Crippen LogP contribution in [0.1, 0.15) is 46.1 Å². The standard InChI is InChI=1S/C19H27NO5/c1-5-25-18(22)15(13-17(21)19(2,3)4)16(20(23)24)12-11-14-9-7-6-8-10-14/h6-10,15-16H,5,11-13H2,1-4H3. The summed E-state index contributed by atoms with van der Waals surface area (Å²) in [5.41, 5.74) is 0.296. The van der Waals surface area contributed by atoms with E-state index in [9.17, 15) is 19.7 Å². The lowest BCUT2D eigenvalue weighted by atomic mass is 9.82. The summed E-state index contributed by atoms with van der Waals surface area (Å²) in [6.45, 7) is 6.99. The molecule has 0 aliphatic carbocycles. The maximum atomic E-state index is 12.4. The van der Waals surface area contributed by atoms with Crippen LogP contribution in [0.3, 0.4) is 0 Å². The minimum Gasteiger partial charge on any atom is -0.466 e. The van der Waals surface area contributed by atoms with Crippen LogP contribution in [0.4, 0.5) is 0 Å². The fraction of sp³-hybridized carbons (Fsp3) is 0.579. The molecule has 0 bridgehead atoms. The van der Waals surface area contributed by atoms with Crippen LogP contribution >= 0.6 is 0 Å². The summed E-state index contributed by atoms with van der Waals surface area (Å²) >= 11 is 0. The van der Waals surface area contributed by atoms with Crippen LogP contribution < -0.4 is 0 Å². The van der Waals surface area contributed by atoms with Crippen LogP contribution in [0, 0.1) is 21.4 Å². The Balaban J connectivity index is 2.97. The first kappa shape index (κ1) is 20.8. The van der Waals surface area contributed by atoms with Gasteiger partial charge in [0.05, 0.1) is 6.61 Å². The predicted octanol–water partition coefficient (Wildman–Crippen LogP) is 3.45. The summed E-state index contributed by atoms with van der Waals surface area (Å²) in [7, 11) is 0. The second-order valence-electron chi connectivity index (χ2n) is 7.11. The van der Waals surface area contributed by atoms with Crippen molar-refractivity contribution < 1.29 is 19.2 Å². The van der Waals surface area contributed by atoms with Gasteiger partial charge in [0.2, 0.25) is 6.04 Å². The van der Waals surface area contributed by atoms with Crippen molar-refractivity contribution in [3.8, 4) is 0 Å². The molecule has 0 aliphatic heterocycles. The molecule has 0 saturated heterocycles. The molecule has 0 heterocycles. The number of rotatable bonds is 9. The number of Topliss-reactive ketones (excluding diaryl/α,β-unsaturated/α-hetero) is 1. The van der Waals surface area contributed by atoms with E-state index in [-0.39, 0.29) is 25.2 Å². The first-order valence-corrected chi connectivity index (χ1v) is 8.54. The van der Waals surface area contributed by atoms with Gasteiger partial charge in [0, 0.05) is 23.2 Å². The highest BCUT2D eigenvalue weighted by atomic mass is 16.6. The monoisotopic (exact) mass is 349 g/mol. The average molecular weight is 349 g/mol. The van der Waals surface area contributed by atoms with Gasteiger partial charge in [-0.3, -0.25) is 19.7 Å². The quantitative estimate of drug-likeness (QED) is 0.387. The Kier molecular flexibility index (Phi) is 7.74. The molecule has 1 aromatic rings. The van der Waals surface area contributed by atoms with Gasteiger partial charge >= 0.3 is 5.97 Å². The second-order valence-corrected chi connectivity index (χ2v) is 7.11. The zero-order valence-electron chi connectivity index (χ0n) is 15.4. The predicted molar refractivity (Wildman–Crippen MR) is 94.7 cm³/mol. The molecule has 0 radical (unpaired) electrons. The van der Waals surface area contributed by atoms with E-state index in [0.29, 0.717) is 6.42 Å². The van der Waals surface area contributed by atoms with Crippen LogP contribution in [0.15, 0.2) is 30.3 Å². The maximum absolute atomic E-state index is 12.4. The molecular weight excluding hydrogens is 322 g/mol. The minimum atomic E-state index is -1.15. The Morgan fingerprint density at radius 2 is 1.80 bits per heavy atom. The van der Waals surface area contributed by atoms with Crippen LogP contribution in [-0.4, -0.2) is 29.3 Å². The highest BCUT2D eigenvalue weighted by molar-refractivity contribution is 5.88. The molecule has 2 atom stereocenters. The van der Waals surface area contributed by atoms with Gasteiger partial charge in [-0.05, 0) is 18.9 Å². The van der Waals surface area contributed by atoms with E-state index >= 15 is 0 Å². The molecule has 6 heteroatoms. The summed E-state index contributed by atoms with van der Waals surface area (Å²) in [4.78, 5) is 35.8. The van der Waals surface area contributed by atoms with Gasteiger partial charge in [-0.2, -0.15) is 0 Å². The van der Waals surface area contributed by atoms with Gasteiger partial charge in [-0.25, -0.2) is 0 Å². The normalized spacial score (nSPS) is 13.8. The lowest BCUT2D eigenvalue weighted by Crippen LogP contribution is -2.39. The molecule has 0 aromatic heterocycles. The Bertz CT molecular complexity index is 592. The molecule has 1 aromatic carbocycles. The maximum Gasteiger partial charge on any atom is 0.316 e. The minimum absolute atomic E-state index is 0.127. The molecule has 0 N–H and O–H groups in total. The third-order valence-electron chi connectivity index (χ3n) is 4.14. The van der Waals surface area contributed by atoms with Crippen molar-refractivity contribution in [1.29, 1.82) is 0 Å². The van der Waals surface area contributed by atoms with Crippen molar-refractivity contribution in [3.05, 3.63) is 46.0 Å². The first-order chi connectivity index (χ1) is 11.7. The van der Waals surface area contributed by atoms with Gasteiger partial charge in [-0.1, -0.05) is 51.1 Å². The van der Waals surface area contributed by atoms with E-state index < -0.39 is 28.3 Å². The van der Waals surface area contributed by atoms with E-state index in [1.165, 1.54) is 0 Å². The molecule has 1 rings (SSSR count). The average Bonchev–Trinajstić information content (AvgIpc) is 2.53. The summed E-state index contributed by atoms with van der Waals surface area (Å²) in [5, 5.41) is 11.6. The SMILES string of the molecule is CCOC(=O)C(CC(=O)C(C)(C)C)C(CCc1ccccc1)[N+](=O)[O-]. The van der Waals surface area contributed by atoms with Crippen LogP contribution in [-0.2, 0) is 20.7 Å². The summed E-state index contributed by atoms with van der Waals surface area (Å²) < 4.78 is 5.01. The smallest absolute Gasteiger partial charge is 0.316 e. The number of nitrogens with zero attached hydrogens (tertiary/aromatic N) is 1. The van der Waals surface area contributed by atoms with Gasteiger partial charge in [0.1, 0.15) is 11.7 Å². The summed E-state index contributed by atoms with van der Waals surface area (Å²) in [5.74, 6) is -1.92. The highest BCUT2D eigenvalue weighted by Crippen LogP contribution is 2.25. The van der Waals surface area contributed by atoms with Crippen LogP contribution in [0.2, 0.25) is 0 Å². The number of ether oxygens (including phenoxy) is 1. The number of ketones is 1. The first-order valence-electron chi connectivity index (χ1n) is 8.54. The highest BCUT2D eigenvalue weighted by Gasteiger charge is 2.41. The van der Waals surface area contributed by atoms with E-state index in [2.05, 4.69) is 0 Å². The third kappa shape index (κ3) is 6.64. The third-order valence-corrected chi connectivity index (χ3v) is 4.14. The molecule has 25 heavy (non-hydrogen) atoms. The van der Waals surface area contributed by atoms with Gasteiger partial charge in [0.25, 0.3) is 0 Å². The lowest BCUT2D eigenvalue weighted by molar-refractivity contribution is -0.530. The van der Waals surface area contributed by atoms with E-state index in [4.69, 9.17) is 4.74 Å². The number of nitro groups is 1. The number of carbonyl (C=O) groups is 2. The largest absolute Gasteiger partial charge is 0.466 e. The van der Waals surface area contributed by atoms with Gasteiger partial charge < -0.3 is 4.74 Å². The molecule has 0 aliphatic rings. The van der Waals surface area contributed by atoms with Crippen LogP contribution in [0.25, 0.3) is 0 Å². The Morgan fingerprint density at radius 3 is 2.28 bits per heavy atom. The van der Waals surface area contributed by atoms with Crippen molar-refractivity contribution in [2.45, 2.75) is 53.0 Å². The van der Waals surface area contributed by atoms with E-state index in [1.807, 2.05) is 30.3 Å². The van der Waals surface area contributed by atoms with Crippen LogP contribution in [0.5, 0.6) is 0 Å². The van der Waals surface area contributed by atoms with Crippen molar-refractivity contribution in [2.24, 2.45) is 11.3 Å². The Labute approximate surface area is 148 Å². The molecule has 0 fully saturated rings. The molecule has 2 unspecified atom stereocenters. The van der Waals surface area contributed by atoms with Gasteiger partial charge in [-0.15, -0.1) is 0 Å². The number of esters is 1. The molecule has 6 nitrogen and oxygen atoms in total. The number of benzene rings is 1.